The fourth-order valence-corrected chi connectivity index (χ4v) is 11.6. The van der Waals surface area contributed by atoms with E-state index >= 15 is 0 Å². The molecule has 270 valence electrons. The number of hydrogen-bond donors (Lipinski definition) is 2. The monoisotopic (exact) mass is 678 g/mol. The molecule has 1 amide bonds. The molecule has 7 atom stereocenters. The normalized spacial score (nSPS) is 37.7. The van der Waals surface area contributed by atoms with Crippen LogP contribution in [0.1, 0.15) is 132 Å². The summed E-state index contributed by atoms with van der Waals surface area (Å²) in [4.78, 5) is 44.9. The second-order valence-electron chi connectivity index (χ2n) is 19.0. The maximum absolute atomic E-state index is 14.8. The van der Waals surface area contributed by atoms with Crippen molar-refractivity contribution in [3.63, 3.8) is 0 Å². The van der Waals surface area contributed by atoms with Gasteiger partial charge >= 0.3 is 12.1 Å². The zero-order valence-electron chi connectivity index (χ0n) is 31.4. The van der Waals surface area contributed by atoms with Gasteiger partial charge in [0.15, 0.2) is 5.78 Å². The van der Waals surface area contributed by atoms with Gasteiger partial charge in [0.05, 0.1) is 12.6 Å². The number of amides is 1. The van der Waals surface area contributed by atoms with Crippen LogP contribution in [0.2, 0.25) is 0 Å². The molecule has 1 heterocycles. The fourth-order valence-electron chi connectivity index (χ4n) is 11.6. The number of amidine groups is 1. The number of fused-ring (bicyclic) bond motifs is 8. The van der Waals surface area contributed by atoms with Gasteiger partial charge in [0.2, 0.25) is 0 Å². The van der Waals surface area contributed by atoms with Gasteiger partial charge in [0, 0.05) is 28.9 Å². The number of carbonyl (C=O) groups is 3. The summed E-state index contributed by atoms with van der Waals surface area (Å²) in [5.74, 6) is 0.990. The van der Waals surface area contributed by atoms with Gasteiger partial charge in [0.1, 0.15) is 17.2 Å². The standard InChI is InChI=1S/C39H58N4O6/c1-33(2,3)47-32(46)41-18-12-28(45)48-43-31(40)39-16-14-34(4,5)21-24(39)29-25(44)19-27-36(8)20-23-22-42-49-30(23)35(6,7)26(36)11-13-37(27,9)38(29,10)15-17-39/h19,22,24,26,29H,11-18,20-21H2,1-10H3,(H2,40,43)(H,41,46)/t24-,26-,29-,36-,37+,38+,39-/m0/s1. The van der Waals surface area contributed by atoms with Crippen LogP contribution in [-0.2, 0) is 31.0 Å². The number of ketones is 1. The molecule has 0 aromatic carbocycles. The van der Waals surface area contributed by atoms with Crippen molar-refractivity contribution in [3.05, 3.63) is 29.2 Å². The van der Waals surface area contributed by atoms with Crippen molar-refractivity contribution in [2.45, 2.75) is 138 Å². The number of aromatic nitrogens is 1. The first kappa shape index (κ1) is 35.6. The Morgan fingerprint density at radius 1 is 1.06 bits per heavy atom. The lowest BCUT2D eigenvalue weighted by Crippen LogP contribution is -2.66. The van der Waals surface area contributed by atoms with Crippen molar-refractivity contribution in [2.24, 2.45) is 55.7 Å². The van der Waals surface area contributed by atoms with Gasteiger partial charge in [-0.2, -0.15) is 0 Å². The molecule has 0 saturated heterocycles. The first-order valence-electron chi connectivity index (χ1n) is 18.3. The molecule has 0 radical (unpaired) electrons. The topological polar surface area (TPSA) is 146 Å². The number of carbonyl (C=O) groups excluding carboxylic acids is 3. The third-order valence-electron chi connectivity index (χ3n) is 14.1. The highest BCUT2D eigenvalue weighted by Crippen LogP contribution is 2.74. The van der Waals surface area contributed by atoms with Crippen LogP contribution < -0.4 is 11.1 Å². The number of hydrogen-bond acceptors (Lipinski definition) is 8. The number of alkyl carbamates (subject to hydrolysis) is 1. The molecular weight excluding hydrogens is 620 g/mol. The second-order valence-corrected chi connectivity index (χ2v) is 19.0. The zero-order valence-corrected chi connectivity index (χ0v) is 31.4. The van der Waals surface area contributed by atoms with Crippen molar-refractivity contribution in [1.29, 1.82) is 0 Å². The molecule has 6 rings (SSSR count). The zero-order chi connectivity index (χ0) is 36.0. The lowest BCUT2D eigenvalue weighted by atomic mass is 9.34. The third-order valence-corrected chi connectivity index (χ3v) is 14.1. The van der Waals surface area contributed by atoms with E-state index in [-0.39, 0.29) is 57.7 Å². The number of oxime groups is 1. The van der Waals surface area contributed by atoms with Crippen molar-refractivity contribution < 1.29 is 28.5 Å². The van der Waals surface area contributed by atoms with E-state index < -0.39 is 23.1 Å². The SMILES string of the molecule is CC1(C)CC[C@]2(C(N)=NOC(=O)CCNC(=O)OC(C)(C)C)CC[C@]3(C)[C@H](C(=O)C=C4[C@@]5(C)Cc6cnoc6C(C)(C)[C@@H]5CC[C@]43C)[C@@H]2C1. The Bertz CT molecular complexity index is 1600. The third kappa shape index (κ3) is 5.54. The average molecular weight is 679 g/mol. The summed E-state index contributed by atoms with van der Waals surface area (Å²) in [6.45, 7) is 21.7. The molecule has 0 aliphatic heterocycles. The van der Waals surface area contributed by atoms with Gasteiger partial charge < -0.3 is 25.1 Å². The van der Waals surface area contributed by atoms with Gasteiger partial charge in [-0.25, -0.2) is 9.59 Å². The summed E-state index contributed by atoms with van der Waals surface area (Å²) in [7, 11) is 0. The van der Waals surface area contributed by atoms with Crippen LogP contribution in [0.5, 0.6) is 0 Å². The largest absolute Gasteiger partial charge is 0.444 e. The fraction of sp³-hybridized carbons (Fsp3) is 0.769. The average Bonchev–Trinajstić information content (AvgIpc) is 3.45. The van der Waals surface area contributed by atoms with Crippen LogP contribution in [0, 0.1) is 44.8 Å². The molecule has 10 heteroatoms. The van der Waals surface area contributed by atoms with E-state index in [4.69, 9.17) is 19.8 Å². The van der Waals surface area contributed by atoms with Gasteiger partial charge in [0.25, 0.3) is 0 Å². The summed E-state index contributed by atoms with van der Waals surface area (Å²) in [6, 6.07) is 0. The quantitative estimate of drug-likeness (QED) is 0.142. The number of nitrogens with zero attached hydrogens (tertiary/aromatic N) is 2. The smallest absolute Gasteiger partial charge is 0.407 e. The van der Waals surface area contributed by atoms with Gasteiger partial charge in [-0.1, -0.05) is 64.4 Å². The van der Waals surface area contributed by atoms with E-state index in [9.17, 15) is 14.4 Å². The Hall–Kier alpha value is -3.17. The lowest BCUT2D eigenvalue weighted by molar-refractivity contribution is -0.162. The van der Waals surface area contributed by atoms with Crippen molar-refractivity contribution in [1.82, 2.24) is 10.5 Å². The van der Waals surface area contributed by atoms with Crippen LogP contribution in [0.25, 0.3) is 0 Å². The summed E-state index contributed by atoms with van der Waals surface area (Å²) in [6.07, 6.45) is 10.3. The maximum Gasteiger partial charge on any atom is 0.407 e. The van der Waals surface area contributed by atoms with Crippen LogP contribution in [0.3, 0.4) is 0 Å². The molecule has 49 heavy (non-hydrogen) atoms. The molecular formula is C39H58N4O6. The highest BCUT2D eigenvalue weighted by Gasteiger charge is 2.70. The maximum atomic E-state index is 14.8. The van der Waals surface area contributed by atoms with Crippen molar-refractivity contribution in [3.8, 4) is 0 Å². The first-order valence-corrected chi connectivity index (χ1v) is 18.3. The molecule has 1 aromatic rings. The highest BCUT2D eigenvalue weighted by molar-refractivity contribution is 5.97. The minimum Gasteiger partial charge on any atom is -0.444 e. The van der Waals surface area contributed by atoms with Crippen molar-refractivity contribution >= 4 is 23.7 Å². The van der Waals surface area contributed by atoms with Crippen LogP contribution >= 0.6 is 0 Å². The van der Waals surface area contributed by atoms with E-state index in [0.717, 1.165) is 62.7 Å². The lowest BCUT2D eigenvalue weighted by Gasteiger charge is -2.69. The number of ether oxygens (including phenoxy) is 1. The Morgan fingerprint density at radius 2 is 1.76 bits per heavy atom. The molecule has 0 bridgehead atoms. The minimum atomic E-state index is -0.634. The van der Waals surface area contributed by atoms with Gasteiger partial charge in [-0.3, -0.25) is 4.79 Å². The van der Waals surface area contributed by atoms with Gasteiger partial charge in [-0.05, 0) is 112 Å². The van der Waals surface area contributed by atoms with Crippen LogP contribution in [0.4, 0.5) is 4.79 Å². The number of nitrogens with one attached hydrogen (secondary N) is 1. The predicted octanol–water partition coefficient (Wildman–Crippen LogP) is 7.40. The van der Waals surface area contributed by atoms with E-state index in [1.54, 1.807) is 20.8 Å². The molecule has 10 nitrogen and oxygen atoms in total. The van der Waals surface area contributed by atoms with Crippen LogP contribution in [0.15, 0.2) is 27.5 Å². The van der Waals surface area contributed by atoms with Gasteiger partial charge in [-0.15, -0.1) is 0 Å². The van der Waals surface area contributed by atoms with E-state index in [1.807, 2.05) is 6.20 Å². The Balaban J connectivity index is 1.29. The molecule has 0 unspecified atom stereocenters. The number of allylic oxidation sites excluding steroid dienone is 2. The first-order chi connectivity index (χ1) is 22.6. The molecule has 5 aliphatic carbocycles. The van der Waals surface area contributed by atoms with E-state index in [2.05, 4.69) is 70.2 Å². The summed E-state index contributed by atoms with van der Waals surface area (Å²) in [5, 5.41) is 11.1. The minimum absolute atomic E-state index is 0.0313. The predicted molar refractivity (Wildman–Crippen MR) is 186 cm³/mol. The van der Waals surface area contributed by atoms with E-state index in [0.29, 0.717) is 11.8 Å². The van der Waals surface area contributed by atoms with Crippen molar-refractivity contribution in [2.75, 3.05) is 6.54 Å². The summed E-state index contributed by atoms with van der Waals surface area (Å²) < 4.78 is 11.1. The molecule has 3 N–H and O–H groups in total. The molecule has 5 aliphatic rings. The Morgan fingerprint density at radius 3 is 2.45 bits per heavy atom. The van der Waals surface area contributed by atoms with Crippen LogP contribution in [-0.4, -0.2) is 41.0 Å². The highest BCUT2D eigenvalue weighted by atomic mass is 16.7. The van der Waals surface area contributed by atoms with E-state index in [1.165, 1.54) is 5.57 Å². The summed E-state index contributed by atoms with van der Waals surface area (Å²) >= 11 is 0. The number of nitrogens with two attached hydrogens (primary N) is 1. The molecule has 0 spiro atoms. The summed E-state index contributed by atoms with van der Waals surface area (Å²) in [5.41, 5.74) is 7.36. The Kier molecular flexibility index (Phi) is 8.31. The molecule has 1 aromatic heterocycles. The second kappa shape index (κ2) is 11.4. The molecule has 3 fully saturated rings. The molecule has 3 saturated carbocycles. The Labute approximate surface area is 291 Å². The number of rotatable bonds is 5.